The summed E-state index contributed by atoms with van der Waals surface area (Å²) < 4.78 is 0.771. The molecule has 16 heavy (non-hydrogen) atoms. The lowest BCUT2D eigenvalue weighted by Crippen LogP contribution is -2.01. The summed E-state index contributed by atoms with van der Waals surface area (Å²) >= 11 is 3.38. The summed E-state index contributed by atoms with van der Waals surface area (Å²) in [5.41, 5.74) is 1.12. The van der Waals surface area contributed by atoms with Crippen LogP contribution in [0, 0.1) is 0 Å². The van der Waals surface area contributed by atoms with Crippen LogP contribution in [0.1, 0.15) is 31.7 Å². The van der Waals surface area contributed by atoms with Crippen LogP contribution in [0.15, 0.2) is 34.8 Å². The number of rotatable bonds is 5. The first kappa shape index (κ1) is 13.0. The Morgan fingerprint density at radius 3 is 2.44 bits per heavy atom. The molecule has 0 saturated carbocycles. The molecule has 0 radical (unpaired) electrons. The average Bonchev–Trinajstić information content (AvgIpc) is 2.27. The van der Waals surface area contributed by atoms with Crippen LogP contribution >= 0.6 is 15.9 Å². The fourth-order valence-corrected chi connectivity index (χ4v) is 2.14. The first-order valence-corrected chi connectivity index (χ1v) is 6.13. The molecule has 0 aliphatic rings. The Bertz CT molecular complexity index is 382. The topological polar surface area (TPSA) is 37.3 Å². The minimum absolute atomic E-state index is 0.369. The predicted octanol–water partition coefficient (Wildman–Crippen LogP) is 4.07. The van der Waals surface area contributed by atoms with E-state index in [9.17, 15) is 9.90 Å². The Hall–Kier alpha value is -1.09. The van der Waals surface area contributed by atoms with E-state index in [0.717, 1.165) is 29.3 Å². The van der Waals surface area contributed by atoms with E-state index in [4.69, 9.17) is 0 Å². The van der Waals surface area contributed by atoms with Gasteiger partial charge in [-0.2, -0.15) is 0 Å². The number of benzene rings is 1. The third-order valence-corrected chi connectivity index (χ3v) is 3.09. The molecule has 0 heterocycles. The first-order chi connectivity index (χ1) is 7.66. The van der Waals surface area contributed by atoms with Gasteiger partial charge in [-0.1, -0.05) is 59.6 Å². The zero-order valence-electron chi connectivity index (χ0n) is 9.24. The van der Waals surface area contributed by atoms with Gasteiger partial charge in [0.1, 0.15) is 0 Å². The van der Waals surface area contributed by atoms with Crippen molar-refractivity contribution in [2.24, 2.45) is 0 Å². The minimum atomic E-state index is -0.880. The molecule has 1 aromatic carbocycles. The molecule has 1 rings (SSSR count). The number of unbranched alkanes of at least 4 members (excludes halogenated alkanes) is 1. The van der Waals surface area contributed by atoms with E-state index in [1.165, 1.54) is 0 Å². The summed E-state index contributed by atoms with van der Waals surface area (Å²) in [7, 11) is 0. The molecular weight excluding hydrogens is 268 g/mol. The monoisotopic (exact) mass is 282 g/mol. The van der Waals surface area contributed by atoms with Crippen LogP contribution in [0.5, 0.6) is 0 Å². The van der Waals surface area contributed by atoms with Crippen LogP contribution in [0.4, 0.5) is 0 Å². The van der Waals surface area contributed by atoms with E-state index in [0.29, 0.717) is 5.57 Å². The van der Waals surface area contributed by atoms with Crippen molar-refractivity contribution < 1.29 is 9.90 Å². The lowest BCUT2D eigenvalue weighted by Gasteiger charge is -2.06. The van der Waals surface area contributed by atoms with Gasteiger partial charge < -0.3 is 5.11 Å². The van der Waals surface area contributed by atoms with Crippen LogP contribution in [-0.2, 0) is 4.79 Å². The molecule has 0 aliphatic carbocycles. The van der Waals surface area contributed by atoms with E-state index in [-0.39, 0.29) is 0 Å². The molecule has 0 saturated heterocycles. The summed E-state index contributed by atoms with van der Waals surface area (Å²) in [6.45, 7) is 2.09. The van der Waals surface area contributed by atoms with Crippen LogP contribution < -0.4 is 0 Å². The molecular formula is C13H15BrO2. The molecule has 0 aliphatic heterocycles. The zero-order valence-corrected chi connectivity index (χ0v) is 10.8. The van der Waals surface area contributed by atoms with E-state index in [1.54, 1.807) is 0 Å². The Balaban J connectivity index is 3.04. The summed E-state index contributed by atoms with van der Waals surface area (Å²) in [4.78, 5) is 11.2. The highest BCUT2D eigenvalue weighted by Crippen LogP contribution is 2.27. The van der Waals surface area contributed by atoms with Crippen molar-refractivity contribution in [3.8, 4) is 0 Å². The average molecular weight is 283 g/mol. The maximum atomic E-state index is 11.2. The lowest BCUT2D eigenvalue weighted by molar-refractivity contribution is -0.130. The predicted molar refractivity (Wildman–Crippen MR) is 69.4 cm³/mol. The van der Waals surface area contributed by atoms with Crippen LogP contribution in [0.2, 0.25) is 0 Å². The van der Waals surface area contributed by atoms with Crippen molar-refractivity contribution in [2.75, 3.05) is 0 Å². The molecule has 1 aromatic rings. The van der Waals surface area contributed by atoms with E-state index in [2.05, 4.69) is 22.9 Å². The summed E-state index contributed by atoms with van der Waals surface area (Å²) in [5, 5.41) is 9.21. The molecule has 0 amide bonds. The highest BCUT2D eigenvalue weighted by Gasteiger charge is 2.14. The van der Waals surface area contributed by atoms with Crippen molar-refractivity contribution in [1.29, 1.82) is 0 Å². The first-order valence-electron chi connectivity index (χ1n) is 5.34. The van der Waals surface area contributed by atoms with Gasteiger partial charge in [-0.15, -0.1) is 0 Å². The number of carbonyl (C=O) groups is 1. The molecule has 0 bridgehead atoms. The van der Waals surface area contributed by atoms with Crippen molar-refractivity contribution >= 4 is 27.5 Å². The van der Waals surface area contributed by atoms with E-state index < -0.39 is 5.97 Å². The van der Waals surface area contributed by atoms with E-state index in [1.807, 2.05) is 30.3 Å². The number of allylic oxidation sites excluding steroid dienone is 1. The highest BCUT2D eigenvalue weighted by molar-refractivity contribution is 9.11. The largest absolute Gasteiger partial charge is 0.478 e. The Morgan fingerprint density at radius 2 is 1.94 bits per heavy atom. The van der Waals surface area contributed by atoms with Crippen molar-refractivity contribution in [3.63, 3.8) is 0 Å². The minimum Gasteiger partial charge on any atom is -0.478 e. The molecule has 3 heteroatoms. The smallest absolute Gasteiger partial charge is 0.337 e. The second-order valence-corrected chi connectivity index (χ2v) is 4.51. The number of hydrogen-bond donors (Lipinski definition) is 1. The Morgan fingerprint density at radius 1 is 1.31 bits per heavy atom. The third kappa shape index (κ3) is 3.49. The van der Waals surface area contributed by atoms with Gasteiger partial charge in [0.15, 0.2) is 0 Å². The second kappa shape index (κ2) is 6.48. The Kier molecular flexibility index (Phi) is 5.26. The fourth-order valence-electron chi connectivity index (χ4n) is 1.46. The van der Waals surface area contributed by atoms with Crippen molar-refractivity contribution in [3.05, 3.63) is 40.4 Å². The summed E-state index contributed by atoms with van der Waals surface area (Å²) in [6.07, 6.45) is 2.81. The summed E-state index contributed by atoms with van der Waals surface area (Å²) in [6, 6.07) is 9.20. The fraction of sp³-hybridized carbons (Fsp3) is 0.308. The van der Waals surface area contributed by atoms with Crippen LogP contribution in [-0.4, -0.2) is 11.1 Å². The number of halogens is 1. The van der Waals surface area contributed by atoms with E-state index >= 15 is 0 Å². The molecule has 86 valence electrons. The van der Waals surface area contributed by atoms with Gasteiger partial charge >= 0.3 is 5.97 Å². The quantitative estimate of drug-likeness (QED) is 0.827. The number of hydrogen-bond acceptors (Lipinski definition) is 1. The number of carboxylic acids is 1. The van der Waals surface area contributed by atoms with Crippen LogP contribution in [0.3, 0.4) is 0 Å². The van der Waals surface area contributed by atoms with Crippen LogP contribution in [0.25, 0.3) is 5.57 Å². The maximum Gasteiger partial charge on any atom is 0.337 e. The number of carboxylic acid groups (broad SMARTS) is 1. The lowest BCUT2D eigenvalue weighted by atomic mass is 10.0. The van der Waals surface area contributed by atoms with Gasteiger partial charge in [0.05, 0.1) is 5.57 Å². The highest BCUT2D eigenvalue weighted by atomic mass is 79.9. The van der Waals surface area contributed by atoms with Crippen molar-refractivity contribution in [1.82, 2.24) is 0 Å². The number of aliphatic carboxylic acids is 1. The molecule has 1 N–H and O–H groups in total. The molecule has 0 atom stereocenters. The molecule has 0 unspecified atom stereocenters. The van der Waals surface area contributed by atoms with Gasteiger partial charge in [0.25, 0.3) is 0 Å². The molecule has 0 fully saturated rings. The van der Waals surface area contributed by atoms with Gasteiger partial charge in [-0.25, -0.2) is 4.79 Å². The normalized spacial score (nSPS) is 12.1. The van der Waals surface area contributed by atoms with Gasteiger partial charge in [0, 0.05) is 4.48 Å². The molecule has 0 spiro atoms. The maximum absolute atomic E-state index is 11.2. The molecule has 2 nitrogen and oxygen atoms in total. The van der Waals surface area contributed by atoms with Gasteiger partial charge in [-0.05, 0) is 18.4 Å². The SMILES string of the molecule is CCCCC(Br)=C(C(=O)O)c1ccccc1. The standard InChI is InChI=1S/C13H15BrO2/c1-2-3-9-11(14)12(13(15)16)10-7-5-4-6-8-10/h4-8H,2-3,9H2,1H3,(H,15,16). The Labute approximate surface area is 104 Å². The van der Waals surface area contributed by atoms with Gasteiger partial charge in [0.2, 0.25) is 0 Å². The zero-order chi connectivity index (χ0) is 12.0. The summed E-state index contributed by atoms with van der Waals surface area (Å²) in [5.74, 6) is -0.880. The van der Waals surface area contributed by atoms with Crippen molar-refractivity contribution in [2.45, 2.75) is 26.2 Å². The van der Waals surface area contributed by atoms with Gasteiger partial charge in [-0.3, -0.25) is 0 Å². The molecule has 0 aromatic heterocycles. The third-order valence-electron chi connectivity index (χ3n) is 2.30. The second-order valence-electron chi connectivity index (χ2n) is 3.55.